The van der Waals surface area contributed by atoms with Gasteiger partial charge in [-0.2, -0.15) is 0 Å². The molecule has 0 fully saturated rings. The molecule has 3 N–H and O–H groups in total. The molecule has 1 unspecified atom stereocenters. The number of halogens is 1. The third-order valence-corrected chi connectivity index (χ3v) is 4.60. The van der Waals surface area contributed by atoms with Crippen LogP contribution in [-0.2, 0) is 12.8 Å². The summed E-state index contributed by atoms with van der Waals surface area (Å²) in [6.07, 6.45) is 2.58. The molecule has 0 saturated heterocycles. The van der Waals surface area contributed by atoms with Crippen LogP contribution in [0.4, 0.5) is 5.13 Å². The Bertz CT molecular complexity index is 638. The standard InChI is InChI=1S/C14H14ClN3OS/c15-9-3-1-8(2-4-9)13(19)17-10-5-6-11-12(7-10)20-14(16)18-11/h1-4,10H,5-7H2,(H2,16,18)(H,17,19). The molecule has 1 aliphatic carbocycles. The van der Waals surface area contributed by atoms with Crippen molar-refractivity contribution in [2.24, 2.45) is 0 Å². The first-order valence-electron chi connectivity index (χ1n) is 6.42. The van der Waals surface area contributed by atoms with Crippen LogP contribution in [0.5, 0.6) is 0 Å². The maximum atomic E-state index is 12.2. The molecular formula is C14H14ClN3OS. The molecule has 2 aromatic rings. The van der Waals surface area contributed by atoms with Gasteiger partial charge in [-0.15, -0.1) is 11.3 Å². The molecular weight excluding hydrogens is 294 g/mol. The second-order valence-electron chi connectivity index (χ2n) is 4.84. The van der Waals surface area contributed by atoms with Crippen molar-refractivity contribution in [1.29, 1.82) is 0 Å². The molecule has 104 valence electrons. The predicted molar refractivity (Wildman–Crippen MR) is 81.3 cm³/mol. The van der Waals surface area contributed by atoms with Gasteiger partial charge in [-0.1, -0.05) is 11.6 Å². The first-order valence-corrected chi connectivity index (χ1v) is 7.62. The Morgan fingerprint density at radius 2 is 2.15 bits per heavy atom. The van der Waals surface area contributed by atoms with Crippen LogP contribution in [0.15, 0.2) is 24.3 Å². The average Bonchev–Trinajstić information content (AvgIpc) is 2.78. The summed E-state index contributed by atoms with van der Waals surface area (Å²) >= 11 is 7.33. The Balaban J connectivity index is 1.67. The van der Waals surface area contributed by atoms with E-state index in [0.29, 0.717) is 15.7 Å². The number of amides is 1. The summed E-state index contributed by atoms with van der Waals surface area (Å²) in [6, 6.07) is 7.05. The van der Waals surface area contributed by atoms with Crippen molar-refractivity contribution in [3.05, 3.63) is 45.4 Å². The smallest absolute Gasteiger partial charge is 0.251 e. The van der Waals surface area contributed by atoms with Gasteiger partial charge in [0.15, 0.2) is 5.13 Å². The molecule has 1 aromatic carbocycles. The molecule has 20 heavy (non-hydrogen) atoms. The van der Waals surface area contributed by atoms with Crippen molar-refractivity contribution < 1.29 is 4.79 Å². The number of hydrogen-bond acceptors (Lipinski definition) is 4. The molecule has 1 heterocycles. The van der Waals surface area contributed by atoms with E-state index in [0.717, 1.165) is 25.0 Å². The van der Waals surface area contributed by atoms with Gasteiger partial charge in [0.25, 0.3) is 5.91 Å². The van der Waals surface area contributed by atoms with E-state index in [-0.39, 0.29) is 11.9 Å². The number of nitrogen functional groups attached to an aromatic ring is 1. The molecule has 1 aromatic heterocycles. The van der Waals surface area contributed by atoms with Gasteiger partial charge in [-0.25, -0.2) is 4.98 Å². The number of hydrogen-bond donors (Lipinski definition) is 2. The number of fused-ring (bicyclic) bond motifs is 1. The van der Waals surface area contributed by atoms with Crippen LogP contribution in [-0.4, -0.2) is 16.9 Å². The lowest BCUT2D eigenvalue weighted by atomic mass is 9.97. The fourth-order valence-corrected chi connectivity index (χ4v) is 3.47. The molecule has 1 amide bonds. The zero-order chi connectivity index (χ0) is 14.1. The van der Waals surface area contributed by atoms with E-state index in [2.05, 4.69) is 10.3 Å². The van der Waals surface area contributed by atoms with Gasteiger partial charge in [0.2, 0.25) is 0 Å². The van der Waals surface area contributed by atoms with Gasteiger partial charge < -0.3 is 11.1 Å². The minimum Gasteiger partial charge on any atom is -0.375 e. The summed E-state index contributed by atoms with van der Waals surface area (Å²) in [5.74, 6) is -0.0624. The van der Waals surface area contributed by atoms with Gasteiger partial charge in [0.05, 0.1) is 5.69 Å². The van der Waals surface area contributed by atoms with Crippen molar-refractivity contribution in [2.75, 3.05) is 5.73 Å². The number of carbonyl (C=O) groups is 1. The fourth-order valence-electron chi connectivity index (χ4n) is 2.39. The van der Waals surface area contributed by atoms with Crippen LogP contribution in [0.1, 0.15) is 27.3 Å². The van der Waals surface area contributed by atoms with Crippen LogP contribution in [0.3, 0.4) is 0 Å². The lowest BCUT2D eigenvalue weighted by Gasteiger charge is -2.22. The highest BCUT2D eigenvalue weighted by Crippen LogP contribution is 2.28. The van der Waals surface area contributed by atoms with Gasteiger partial charge in [-0.05, 0) is 37.1 Å². The fraction of sp³-hybridized carbons (Fsp3) is 0.286. The first kappa shape index (κ1) is 13.4. The highest BCUT2D eigenvalue weighted by molar-refractivity contribution is 7.15. The Morgan fingerprint density at radius 1 is 1.40 bits per heavy atom. The summed E-state index contributed by atoms with van der Waals surface area (Å²) < 4.78 is 0. The molecule has 0 aliphatic heterocycles. The predicted octanol–water partition coefficient (Wildman–Crippen LogP) is 2.67. The van der Waals surface area contributed by atoms with Gasteiger partial charge in [-0.3, -0.25) is 4.79 Å². The van der Waals surface area contributed by atoms with E-state index < -0.39 is 0 Å². The number of nitrogens with one attached hydrogen (secondary N) is 1. The Hall–Kier alpha value is -1.59. The van der Waals surface area contributed by atoms with Crippen LogP contribution in [0.2, 0.25) is 5.02 Å². The van der Waals surface area contributed by atoms with E-state index in [1.54, 1.807) is 24.3 Å². The summed E-state index contributed by atoms with van der Waals surface area (Å²) in [7, 11) is 0. The Kier molecular flexibility index (Phi) is 3.63. The summed E-state index contributed by atoms with van der Waals surface area (Å²) in [4.78, 5) is 17.6. The largest absolute Gasteiger partial charge is 0.375 e. The van der Waals surface area contributed by atoms with Crippen molar-refractivity contribution in [2.45, 2.75) is 25.3 Å². The van der Waals surface area contributed by atoms with Gasteiger partial charge in [0.1, 0.15) is 0 Å². The zero-order valence-electron chi connectivity index (χ0n) is 10.7. The molecule has 0 radical (unpaired) electrons. The maximum Gasteiger partial charge on any atom is 0.251 e. The van der Waals surface area contributed by atoms with Crippen molar-refractivity contribution in [3.8, 4) is 0 Å². The molecule has 1 atom stereocenters. The zero-order valence-corrected chi connectivity index (χ0v) is 12.3. The van der Waals surface area contributed by atoms with E-state index in [1.807, 2.05) is 0 Å². The minimum absolute atomic E-state index is 0.0624. The molecule has 4 nitrogen and oxygen atoms in total. The molecule has 6 heteroatoms. The van der Waals surface area contributed by atoms with Crippen molar-refractivity contribution in [3.63, 3.8) is 0 Å². The highest BCUT2D eigenvalue weighted by atomic mass is 35.5. The minimum atomic E-state index is -0.0624. The van der Waals surface area contributed by atoms with Gasteiger partial charge >= 0.3 is 0 Å². The number of rotatable bonds is 2. The lowest BCUT2D eigenvalue weighted by Crippen LogP contribution is -2.38. The Morgan fingerprint density at radius 3 is 2.90 bits per heavy atom. The average molecular weight is 308 g/mol. The number of carbonyl (C=O) groups excluding carboxylic acids is 1. The second-order valence-corrected chi connectivity index (χ2v) is 6.39. The van der Waals surface area contributed by atoms with Crippen molar-refractivity contribution in [1.82, 2.24) is 10.3 Å². The second kappa shape index (κ2) is 5.42. The van der Waals surface area contributed by atoms with Crippen LogP contribution in [0.25, 0.3) is 0 Å². The first-order chi connectivity index (χ1) is 9.61. The van der Waals surface area contributed by atoms with E-state index in [4.69, 9.17) is 17.3 Å². The highest BCUT2D eigenvalue weighted by Gasteiger charge is 2.23. The normalized spacial score (nSPS) is 17.6. The number of benzene rings is 1. The molecule has 1 aliphatic rings. The lowest BCUT2D eigenvalue weighted by molar-refractivity contribution is 0.0934. The van der Waals surface area contributed by atoms with Crippen LogP contribution in [0, 0.1) is 0 Å². The molecule has 0 bridgehead atoms. The third-order valence-electron chi connectivity index (χ3n) is 3.40. The monoisotopic (exact) mass is 307 g/mol. The maximum absolute atomic E-state index is 12.2. The number of anilines is 1. The SMILES string of the molecule is Nc1nc2c(s1)CC(NC(=O)c1ccc(Cl)cc1)CC2. The third kappa shape index (κ3) is 2.78. The Labute approximate surface area is 126 Å². The number of nitrogens with two attached hydrogens (primary N) is 1. The number of nitrogens with zero attached hydrogens (tertiary/aromatic N) is 1. The number of aromatic nitrogens is 1. The summed E-state index contributed by atoms with van der Waals surface area (Å²) in [6.45, 7) is 0. The summed E-state index contributed by atoms with van der Waals surface area (Å²) in [5.41, 5.74) is 7.43. The molecule has 0 saturated carbocycles. The van der Waals surface area contributed by atoms with Crippen molar-refractivity contribution >= 4 is 34.0 Å². The molecule has 3 rings (SSSR count). The van der Waals surface area contributed by atoms with Crippen LogP contribution < -0.4 is 11.1 Å². The number of thiazole rings is 1. The van der Waals surface area contributed by atoms with E-state index in [9.17, 15) is 4.79 Å². The number of aryl methyl sites for hydroxylation is 1. The van der Waals surface area contributed by atoms with Crippen LogP contribution >= 0.6 is 22.9 Å². The van der Waals surface area contributed by atoms with Gasteiger partial charge in [0, 0.05) is 27.9 Å². The quantitative estimate of drug-likeness (QED) is 0.896. The summed E-state index contributed by atoms with van der Waals surface area (Å²) in [5, 5.41) is 4.30. The van der Waals surface area contributed by atoms with E-state index in [1.165, 1.54) is 16.2 Å². The molecule has 0 spiro atoms. The van der Waals surface area contributed by atoms with E-state index >= 15 is 0 Å². The topological polar surface area (TPSA) is 68.0 Å².